The van der Waals surface area contributed by atoms with Gasteiger partial charge in [0.15, 0.2) is 0 Å². The van der Waals surface area contributed by atoms with Crippen LogP contribution in [0.4, 0.5) is 0 Å². The van der Waals surface area contributed by atoms with E-state index in [1.165, 1.54) is 18.4 Å². The number of hydrogen-bond donors (Lipinski definition) is 0. The minimum Gasteiger partial charge on any atom is -0.333 e. The Hall–Kier alpha value is -1.40. The number of rotatable bonds is 4. The first-order valence-electron chi connectivity index (χ1n) is 9.06. The molecule has 0 radical (unpaired) electrons. The van der Waals surface area contributed by atoms with E-state index in [0.29, 0.717) is 0 Å². The lowest BCUT2D eigenvalue weighted by molar-refractivity contribution is 0.0436. The summed E-state index contributed by atoms with van der Waals surface area (Å²) in [4.78, 5) is 17.9. The third kappa shape index (κ3) is 3.90. The summed E-state index contributed by atoms with van der Waals surface area (Å²) in [6.45, 7) is 2.83. The van der Waals surface area contributed by atoms with Crippen molar-refractivity contribution in [1.29, 1.82) is 0 Å². The lowest BCUT2D eigenvalue weighted by atomic mass is 10.0. The molecule has 25 heavy (non-hydrogen) atoms. The number of nitrogens with zero attached hydrogens (tertiary/aromatic N) is 2. The summed E-state index contributed by atoms with van der Waals surface area (Å²) in [5.74, 6) is 0.182. The summed E-state index contributed by atoms with van der Waals surface area (Å²) < 4.78 is 1.04. The summed E-state index contributed by atoms with van der Waals surface area (Å²) >= 11 is 2.27. The van der Waals surface area contributed by atoms with Crippen LogP contribution in [0.25, 0.3) is 0 Å². The molecule has 0 spiro atoms. The van der Waals surface area contributed by atoms with Gasteiger partial charge in [-0.3, -0.25) is 9.69 Å². The SMILES string of the molecule is O=C(c1ccccc1I)N1CCN(C2CC2)CC1Cc1ccccc1. The number of piperazine rings is 1. The maximum atomic E-state index is 13.2. The zero-order valence-corrected chi connectivity index (χ0v) is 16.4. The number of halogens is 1. The second-order valence-electron chi connectivity index (χ2n) is 7.05. The molecule has 4 rings (SSSR count). The van der Waals surface area contributed by atoms with Crippen molar-refractivity contribution in [3.05, 3.63) is 69.3 Å². The molecule has 130 valence electrons. The van der Waals surface area contributed by atoms with E-state index in [9.17, 15) is 4.79 Å². The minimum absolute atomic E-state index is 0.182. The first-order valence-corrected chi connectivity index (χ1v) is 10.1. The fraction of sp³-hybridized carbons (Fsp3) is 0.381. The highest BCUT2D eigenvalue weighted by molar-refractivity contribution is 14.1. The largest absolute Gasteiger partial charge is 0.333 e. The normalized spacial score (nSPS) is 21.3. The van der Waals surface area contributed by atoms with Gasteiger partial charge >= 0.3 is 0 Å². The van der Waals surface area contributed by atoms with Gasteiger partial charge in [-0.25, -0.2) is 0 Å². The second kappa shape index (κ2) is 7.46. The standard InChI is InChI=1S/C21H23IN2O/c22-20-9-5-4-8-19(20)21(25)24-13-12-23(17-10-11-17)15-18(24)14-16-6-2-1-3-7-16/h1-9,17-18H,10-15H2. The maximum Gasteiger partial charge on any atom is 0.255 e. The van der Waals surface area contributed by atoms with E-state index < -0.39 is 0 Å². The Morgan fingerprint density at radius 1 is 1.00 bits per heavy atom. The fourth-order valence-electron chi connectivity index (χ4n) is 3.77. The van der Waals surface area contributed by atoms with Crippen LogP contribution in [0.5, 0.6) is 0 Å². The molecule has 0 bridgehead atoms. The van der Waals surface area contributed by atoms with E-state index in [0.717, 1.165) is 41.2 Å². The van der Waals surface area contributed by atoms with Crippen LogP contribution >= 0.6 is 22.6 Å². The molecule has 1 atom stereocenters. The van der Waals surface area contributed by atoms with E-state index in [4.69, 9.17) is 0 Å². The monoisotopic (exact) mass is 446 g/mol. The zero-order valence-electron chi connectivity index (χ0n) is 14.3. The van der Waals surface area contributed by atoms with Crippen molar-refractivity contribution < 1.29 is 4.79 Å². The first-order chi connectivity index (χ1) is 12.2. The molecule has 1 saturated heterocycles. The molecular formula is C21H23IN2O. The zero-order chi connectivity index (χ0) is 17.2. The van der Waals surface area contributed by atoms with Crippen LogP contribution < -0.4 is 0 Å². The number of carbonyl (C=O) groups excluding carboxylic acids is 1. The lowest BCUT2D eigenvalue weighted by Crippen LogP contribution is -2.56. The van der Waals surface area contributed by atoms with Gasteiger partial charge in [0.25, 0.3) is 5.91 Å². The Morgan fingerprint density at radius 2 is 1.72 bits per heavy atom. The maximum absolute atomic E-state index is 13.2. The van der Waals surface area contributed by atoms with Crippen molar-refractivity contribution in [3.63, 3.8) is 0 Å². The number of benzene rings is 2. The van der Waals surface area contributed by atoms with Crippen molar-refractivity contribution in [2.75, 3.05) is 19.6 Å². The quantitative estimate of drug-likeness (QED) is 0.667. The lowest BCUT2D eigenvalue weighted by Gasteiger charge is -2.42. The molecule has 3 nitrogen and oxygen atoms in total. The molecule has 2 aromatic carbocycles. The summed E-state index contributed by atoms with van der Waals surface area (Å²) in [7, 11) is 0. The highest BCUT2D eigenvalue weighted by atomic mass is 127. The minimum atomic E-state index is 0.182. The first kappa shape index (κ1) is 17.0. The van der Waals surface area contributed by atoms with Crippen LogP contribution in [0.3, 0.4) is 0 Å². The molecule has 0 aromatic heterocycles. The van der Waals surface area contributed by atoms with E-state index >= 15 is 0 Å². The fourth-order valence-corrected chi connectivity index (χ4v) is 4.39. The van der Waals surface area contributed by atoms with Gasteiger partial charge in [0, 0.05) is 35.3 Å². The molecule has 2 fully saturated rings. The Kier molecular flexibility index (Phi) is 5.08. The molecule has 2 aliphatic rings. The molecule has 1 amide bonds. The summed E-state index contributed by atoms with van der Waals surface area (Å²) in [5, 5.41) is 0. The third-order valence-electron chi connectivity index (χ3n) is 5.26. The second-order valence-corrected chi connectivity index (χ2v) is 8.21. The third-order valence-corrected chi connectivity index (χ3v) is 6.20. The van der Waals surface area contributed by atoms with Gasteiger partial charge in [-0.15, -0.1) is 0 Å². The Bertz CT molecular complexity index is 745. The molecule has 0 N–H and O–H groups in total. The predicted molar refractivity (Wildman–Crippen MR) is 109 cm³/mol. The Labute approximate surface area is 163 Å². The molecule has 4 heteroatoms. The highest BCUT2D eigenvalue weighted by Crippen LogP contribution is 2.30. The van der Waals surface area contributed by atoms with E-state index in [2.05, 4.69) is 62.7 Å². The van der Waals surface area contributed by atoms with Gasteiger partial charge in [0.2, 0.25) is 0 Å². The van der Waals surface area contributed by atoms with E-state index in [1.807, 2.05) is 24.3 Å². The van der Waals surface area contributed by atoms with Crippen LogP contribution in [0.2, 0.25) is 0 Å². The van der Waals surface area contributed by atoms with Crippen molar-refractivity contribution in [3.8, 4) is 0 Å². The molecule has 1 aliphatic carbocycles. The molecule has 1 heterocycles. The molecule has 1 aliphatic heterocycles. The topological polar surface area (TPSA) is 23.6 Å². The molecule has 1 unspecified atom stereocenters. The van der Waals surface area contributed by atoms with Gasteiger partial charge in [-0.1, -0.05) is 42.5 Å². The van der Waals surface area contributed by atoms with Crippen molar-refractivity contribution in [2.45, 2.75) is 31.3 Å². The summed E-state index contributed by atoms with van der Waals surface area (Å²) in [5.41, 5.74) is 2.15. The van der Waals surface area contributed by atoms with E-state index in [-0.39, 0.29) is 11.9 Å². The average Bonchev–Trinajstić information content (AvgIpc) is 3.48. The highest BCUT2D eigenvalue weighted by Gasteiger charge is 2.37. The smallest absolute Gasteiger partial charge is 0.255 e. The number of carbonyl (C=O) groups is 1. The predicted octanol–water partition coefficient (Wildman–Crippen LogP) is 3.82. The van der Waals surface area contributed by atoms with Crippen LogP contribution in [-0.4, -0.2) is 47.4 Å². The van der Waals surface area contributed by atoms with Gasteiger partial charge in [0.1, 0.15) is 0 Å². The van der Waals surface area contributed by atoms with E-state index in [1.54, 1.807) is 0 Å². The van der Waals surface area contributed by atoms with Crippen molar-refractivity contribution in [1.82, 2.24) is 9.80 Å². The molecule has 1 saturated carbocycles. The van der Waals surface area contributed by atoms with Crippen LogP contribution in [-0.2, 0) is 6.42 Å². The average molecular weight is 446 g/mol. The molecule has 2 aromatic rings. The number of amides is 1. The van der Waals surface area contributed by atoms with Gasteiger partial charge in [-0.05, 0) is 59.5 Å². The van der Waals surface area contributed by atoms with Crippen molar-refractivity contribution in [2.24, 2.45) is 0 Å². The summed E-state index contributed by atoms with van der Waals surface area (Å²) in [6, 6.07) is 19.5. The number of hydrogen-bond acceptors (Lipinski definition) is 2. The van der Waals surface area contributed by atoms with Crippen LogP contribution in [0.15, 0.2) is 54.6 Å². The van der Waals surface area contributed by atoms with Gasteiger partial charge in [0.05, 0.1) is 5.56 Å². The Morgan fingerprint density at radius 3 is 2.44 bits per heavy atom. The van der Waals surface area contributed by atoms with Crippen molar-refractivity contribution >= 4 is 28.5 Å². The molecular weight excluding hydrogens is 423 g/mol. The van der Waals surface area contributed by atoms with Gasteiger partial charge < -0.3 is 4.90 Å². The van der Waals surface area contributed by atoms with Gasteiger partial charge in [-0.2, -0.15) is 0 Å². The summed E-state index contributed by atoms with van der Waals surface area (Å²) in [6.07, 6.45) is 3.57. The van der Waals surface area contributed by atoms with Crippen LogP contribution in [0, 0.1) is 3.57 Å². The van der Waals surface area contributed by atoms with Crippen LogP contribution in [0.1, 0.15) is 28.8 Å². The Balaban J connectivity index is 1.57.